The maximum atomic E-state index is 13.0. The highest BCUT2D eigenvalue weighted by Crippen LogP contribution is 2.43. The quantitative estimate of drug-likeness (QED) is 0.792. The molecule has 0 spiro atoms. The van der Waals surface area contributed by atoms with E-state index in [-0.39, 0.29) is 6.04 Å². The van der Waals surface area contributed by atoms with Gasteiger partial charge in [0, 0.05) is 31.6 Å². The minimum Gasteiger partial charge on any atom is -0.497 e. The Balaban J connectivity index is 1.46. The Morgan fingerprint density at radius 3 is 3.00 bits per heavy atom. The van der Waals surface area contributed by atoms with E-state index in [0.29, 0.717) is 30.2 Å². The SMILES string of the molecule is COc1cccc(C[C@H]2[C@H]3C[C@H](CN(c4cnsn4)C3)[C@@H]3CCCC(=O)N32)c1. The van der Waals surface area contributed by atoms with Crippen molar-refractivity contribution in [2.75, 3.05) is 25.1 Å². The van der Waals surface area contributed by atoms with Gasteiger partial charge in [0.05, 0.1) is 25.0 Å². The number of nitrogens with zero attached hydrogens (tertiary/aromatic N) is 4. The number of amides is 1. The average molecular weight is 399 g/mol. The third kappa shape index (κ3) is 3.15. The van der Waals surface area contributed by atoms with E-state index >= 15 is 0 Å². The molecule has 3 aliphatic rings. The average Bonchev–Trinajstić information content (AvgIpc) is 3.26. The molecule has 7 heteroatoms. The Labute approximate surface area is 169 Å². The molecular formula is C21H26N4O2S. The largest absolute Gasteiger partial charge is 0.497 e. The fourth-order valence-electron chi connectivity index (χ4n) is 5.56. The molecule has 0 saturated carbocycles. The number of piperidine rings is 3. The Morgan fingerprint density at radius 1 is 1.29 bits per heavy atom. The molecule has 2 aromatic rings. The third-order valence-corrected chi connectivity index (χ3v) is 7.22. The Hall–Kier alpha value is -2.15. The number of fused-ring (bicyclic) bond motifs is 4. The van der Waals surface area contributed by atoms with Crippen LogP contribution in [0, 0.1) is 11.8 Å². The van der Waals surface area contributed by atoms with Crippen LogP contribution in [0.4, 0.5) is 5.82 Å². The van der Waals surface area contributed by atoms with Crippen molar-refractivity contribution < 1.29 is 9.53 Å². The lowest BCUT2D eigenvalue weighted by molar-refractivity contribution is -0.148. The zero-order chi connectivity index (χ0) is 19.1. The standard InChI is InChI=1S/C21H26N4O2S/c1-27-17-5-2-4-14(8-17)9-19-16-10-15(18-6-3-7-21(26)25(18)19)12-24(13-16)20-11-22-28-23-20/h2,4-5,8,11,15-16,18-19H,3,6-7,9-10,12-13H2,1H3/t15-,16+,18+,19+/m1/s1. The molecule has 0 unspecified atom stereocenters. The number of ether oxygens (including phenoxy) is 1. The van der Waals surface area contributed by atoms with Gasteiger partial charge in [-0.3, -0.25) is 4.79 Å². The monoisotopic (exact) mass is 398 g/mol. The molecule has 6 nitrogen and oxygen atoms in total. The highest BCUT2D eigenvalue weighted by molar-refractivity contribution is 6.99. The van der Waals surface area contributed by atoms with Gasteiger partial charge in [-0.05, 0) is 55.2 Å². The van der Waals surface area contributed by atoms with Crippen molar-refractivity contribution in [1.82, 2.24) is 13.6 Å². The van der Waals surface area contributed by atoms with Gasteiger partial charge in [0.2, 0.25) is 5.91 Å². The van der Waals surface area contributed by atoms with Gasteiger partial charge >= 0.3 is 0 Å². The summed E-state index contributed by atoms with van der Waals surface area (Å²) in [6.07, 6.45) is 6.82. The molecule has 3 saturated heterocycles. The van der Waals surface area contributed by atoms with Crippen LogP contribution in [0.15, 0.2) is 30.5 Å². The number of rotatable bonds is 4. The third-order valence-electron chi connectivity index (χ3n) is 6.75. The molecule has 2 bridgehead atoms. The van der Waals surface area contributed by atoms with Gasteiger partial charge in [0.25, 0.3) is 0 Å². The van der Waals surface area contributed by atoms with Crippen molar-refractivity contribution in [1.29, 1.82) is 0 Å². The number of anilines is 1. The Morgan fingerprint density at radius 2 is 2.18 bits per heavy atom. The summed E-state index contributed by atoms with van der Waals surface area (Å²) >= 11 is 1.27. The van der Waals surface area contributed by atoms with E-state index in [1.165, 1.54) is 23.7 Å². The lowest BCUT2D eigenvalue weighted by Gasteiger charge is -2.56. The predicted molar refractivity (Wildman–Crippen MR) is 109 cm³/mol. The van der Waals surface area contributed by atoms with E-state index in [2.05, 4.69) is 30.7 Å². The van der Waals surface area contributed by atoms with E-state index in [1.54, 1.807) is 7.11 Å². The lowest BCUT2D eigenvalue weighted by atomic mass is 9.71. The van der Waals surface area contributed by atoms with Crippen molar-refractivity contribution in [3.63, 3.8) is 0 Å². The van der Waals surface area contributed by atoms with Gasteiger partial charge in [-0.15, -0.1) is 0 Å². The highest BCUT2D eigenvalue weighted by Gasteiger charge is 2.49. The molecule has 4 atom stereocenters. The minimum atomic E-state index is 0.246. The fraction of sp³-hybridized carbons (Fsp3) is 0.571. The van der Waals surface area contributed by atoms with Gasteiger partial charge < -0.3 is 14.5 Å². The van der Waals surface area contributed by atoms with Crippen LogP contribution in [0.25, 0.3) is 0 Å². The number of hydrogen-bond acceptors (Lipinski definition) is 6. The number of carbonyl (C=O) groups is 1. The summed E-state index contributed by atoms with van der Waals surface area (Å²) in [7, 11) is 1.70. The van der Waals surface area contributed by atoms with Gasteiger partial charge in [0.1, 0.15) is 5.75 Å². The first-order chi connectivity index (χ1) is 13.7. The first-order valence-corrected chi connectivity index (χ1v) is 10.9. The minimum absolute atomic E-state index is 0.246. The molecule has 28 heavy (non-hydrogen) atoms. The van der Waals surface area contributed by atoms with Crippen LogP contribution >= 0.6 is 11.7 Å². The molecule has 1 amide bonds. The summed E-state index contributed by atoms with van der Waals surface area (Å²) in [4.78, 5) is 17.6. The molecule has 4 heterocycles. The highest BCUT2D eigenvalue weighted by atomic mass is 32.1. The smallest absolute Gasteiger partial charge is 0.223 e. The lowest BCUT2D eigenvalue weighted by Crippen LogP contribution is -2.65. The Kier molecular flexibility index (Phi) is 4.70. The van der Waals surface area contributed by atoms with Crippen LogP contribution in [0.1, 0.15) is 31.2 Å². The van der Waals surface area contributed by atoms with E-state index in [4.69, 9.17) is 4.74 Å². The predicted octanol–water partition coefficient (Wildman–Crippen LogP) is 3.00. The summed E-state index contributed by atoms with van der Waals surface area (Å²) in [5.74, 6) is 3.22. The first-order valence-electron chi connectivity index (χ1n) is 10.2. The second-order valence-electron chi connectivity index (χ2n) is 8.31. The van der Waals surface area contributed by atoms with Crippen LogP contribution in [-0.4, -0.2) is 51.8 Å². The van der Waals surface area contributed by atoms with Crippen LogP contribution in [0.3, 0.4) is 0 Å². The van der Waals surface area contributed by atoms with Crippen LogP contribution in [0.2, 0.25) is 0 Å². The maximum Gasteiger partial charge on any atom is 0.223 e. The topological polar surface area (TPSA) is 58.6 Å². The molecule has 3 aliphatic heterocycles. The summed E-state index contributed by atoms with van der Waals surface area (Å²) < 4.78 is 14.1. The second kappa shape index (κ2) is 7.35. The van der Waals surface area contributed by atoms with Gasteiger partial charge in [-0.25, -0.2) is 0 Å². The number of benzene rings is 1. The zero-order valence-corrected chi connectivity index (χ0v) is 17.0. The number of aromatic nitrogens is 2. The molecule has 0 aliphatic carbocycles. The van der Waals surface area contributed by atoms with Crippen molar-refractivity contribution in [3.8, 4) is 5.75 Å². The molecule has 1 aromatic carbocycles. The summed E-state index contributed by atoms with van der Waals surface area (Å²) in [5, 5.41) is 0. The van der Waals surface area contributed by atoms with Gasteiger partial charge in [-0.2, -0.15) is 8.75 Å². The molecule has 5 rings (SSSR count). The van der Waals surface area contributed by atoms with Gasteiger partial charge in [-0.1, -0.05) is 12.1 Å². The summed E-state index contributed by atoms with van der Waals surface area (Å²) in [5.41, 5.74) is 1.24. The molecule has 148 valence electrons. The summed E-state index contributed by atoms with van der Waals surface area (Å²) in [6.45, 7) is 1.94. The number of hydrogen-bond donors (Lipinski definition) is 0. The summed E-state index contributed by atoms with van der Waals surface area (Å²) in [6, 6.07) is 8.90. The number of methoxy groups -OCH3 is 1. The van der Waals surface area contributed by atoms with Gasteiger partial charge in [0.15, 0.2) is 5.82 Å². The second-order valence-corrected chi connectivity index (χ2v) is 8.87. The van der Waals surface area contributed by atoms with Crippen LogP contribution in [-0.2, 0) is 11.2 Å². The van der Waals surface area contributed by atoms with Crippen molar-refractivity contribution in [3.05, 3.63) is 36.0 Å². The Bertz CT molecular complexity index is 843. The van der Waals surface area contributed by atoms with E-state index in [0.717, 1.165) is 43.9 Å². The zero-order valence-electron chi connectivity index (χ0n) is 16.2. The van der Waals surface area contributed by atoms with Crippen LogP contribution < -0.4 is 9.64 Å². The maximum absolute atomic E-state index is 13.0. The molecule has 3 fully saturated rings. The molecular weight excluding hydrogens is 372 g/mol. The first kappa shape index (κ1) is 17.9. The fourth-order valence-corrected chi connectivity index (χ4v) is 6.00. The molecule has 0 radical (unpaired) electrons. The van der Waals surface area contributed by atoms with E-state index < -0.39 is 0 Å². The molecule has 0 N–H and O–H groups in total. The number of carbonyl (C=O) groups excluding carboxylic acids is 1. The normalized spacial score (nSPS) is 29.5. The van der Waals surface area contributed by atoms with Crippen molar-refractivity contribution in [2.45, 2.75) is 44.2 Å². The van der Waals surface area contributed by atoms with E-state index in [9.17, 15) is 4.79 Å². The molecule has 1 aromatic heterocycles. The van der Waals surface area contributed by atoms with E-state index in [1.807, 2.05) is 18.3 Å². The van der Waals surface area contributed by atoms with Crippen molar-refractivity contribution in [2.24, 2.45) is 11.8 Å². The van der Waals surface area contributed by atoms with Crippen molar-refractivity contribution >= 4 is 23.5 Å². The van der Waals surface area contributed by atoms with Crippen LogP contribution in [0.5, 0.6) is 5.75 Å².